The van der Waals surface area contributed by atoms with E-state index < -0.39 is 6.10 Å². The van der Waals surface area contributed by atoms with E-state index in [2.05, 4.69) is 17.5 Å². The Morgan fingerprint density at radius 2 is 2.16 bits per heavy atom. The van der Waals surface area contributed by atoms with E-state index in [4.69, 9.17) is 15.1 Å². The number of carbonyl (C=O) groups is 1. The van der Waals surface area contributed by atoms with Crippen LogP contribution in [0.3, 0.4) is 0 Å². The van der Waals surface area contributed by atoms with E-state index in [1.54, 1.807) is 13.0 Å². The van der Waals surface area contributed by atoms with Crippen LogP contribution in [-0.4, -0.2) is 35.1 Å². The number of esters is 1. The molecule has 140 valence electrons. The minimum absolute atomic E-state index is 0.0654. The largest absolute Gasteiger partial charge is 0.454 e. The van der Waals surface area contributed by atoms with Crippen LogP contribution in [0.4, 0.5) is 0 Å². The smallest absolute Gasteiger partial charge is 0.334 e. The second-order valence-corrected chi connectivity index (χ2v) is 6.56. The summed E-state index contributed by atoms with van der Waals surface area (Å²) in [5.74, 6) is -0.307. The van der Waals surface area contributed by atoms with Crippen molar-refractivity contribution in [2.75, 3.05) is 6.61 Å². The van der Waals surface area contributed by atoms with Crippen molar-refractivity contribution in [3.8, 4) is 0 Å². The molecule has 5 heteroatoms. The quantitative estimate of drug-likeness (QED) is 0.268. The third kappa shape index (κ3) is 7.38. The van der Waals surface area contributed by atoms with Crippen LogP contribution in [-0.2, 0) is 14.4 Å². The summed E-state index contributed by atoms with van der Waals surface area (Å²) in [6.07, 6.45) is 8.48. The summed E-state index contributed by atoms with van der Waals surface area (Å²) in [6.45, 7) is 9.55. The van der Waals surface area contributed by atoms with Crippen molar-refractivity contribution in [2.45, 2.75) is 65.1 Å². The highest BCUT2D eigenvalue weighted by Gasteiger charge is 2.24. The van der Waals surface area contributed by atoms with E-state index in [1.165, 1.54) is 0 Å². The second-order valence-electron chi connectivity index (χ2n) is 6.56. The highest BCUT2D eigenvalue weighted by molar-refractivity contribution is 5.89. The zero-order chi connectivity index (χ0) is 18.8. The minimum atomic E-state index is -0.469. The van der Waals surface area contributed by atoms with Gasteiger partial charge in [-0.3, -0.25) is 5.26 Å². The van der Waals surface area contributed by atoms with Gasteiger partial charge < -0.3 is 9.84 Å². The predicted octanol–water partition coefficient (Wildman–Crippen LogP) is 4.11. The maximum Gasteiger partial charge on any atom is 0.334 e. The Bertz CT molecular complexity index is 556. The maximum atomic E-state index is 12.2. The Kier molecular flexibility index (Phi) is 9.42. The van der Waals surface area contributed by atoms with E-state index >= 15 is 0 Å². The lowest BCUT2D eigenvalue weighted by molar-refractivity contribution is -0.269. The van der Waals surface area contributed by atoms with Gasteiger partial charge in [-0.05, 0) is 57.6 Å². The molecular weight excluding hydrogens is 320 g/mol. The second kappa shape index (κ2) is 11.0. The van der Waals surface area contributed by atoms with Crippen molar-refractivity contribution in [3.63, 3.8) is 0 Å². The molecule has 0 amide bonds. The van der Waals surface area contributed by atoms with Gasteiger partial charge in [0.25, 0.3) is 0 Å². The normalized spacial score (nSPS) is 20.1. The van der Waals surface area contributed by atoms with Crippen molar-refractivity contribution >= 4 is 5.97 Å². The molecule has 0 saturated carbocycles. The lowest BCUT2D eigenvalue weighted by atomic mass is 9.97. The molecule has 1 rings (SSSR count). The van der Waals surface area contributed by atoms with Crippen LogP contribution in [0.25, 0.3) is 0 Å². The fraction of sp³-hybridized carbons (Fsp3) is 0.550. The van der Waals surface area contributed by atoms with Gasteiger partial charge >= 0.3 is 5.97 Å². The number of aliphatic hydroxyl groups is 1. The summed E-state index contributed by atoms with van der Waals surface area (Å²) in [6, 6.07) is 0. The zero-order valence-electron chi connectivity index (χ0n) is 15.5. The molecule has 2 N–H and O–H groups in total. The number of allylic oxidation sites excluding steroid dienone is 2. The van der Waals surface area contributed by atoms with Crippen molar-refractivity contribution in [1.29, 1.82) is 0 Å². The van der Waals surface area contributed by atoms with E-state index in [0.29, 0.717) is 24.8 Å². The molecule has 0 aromatic heterocycles. The summed E-state index contributed by atoms with van der Waals surface area (Å²) in [7, 11) is 0. The molecule has 0 aromatic carbocycles. The lowest BCUT2D eigenvalue weighted by Crippen LogP contribution is -2.25. The molecule has 0 spiro atoms. The first-order valence-electron chi connectivity index (χ1n) is 8.67. The monoisotopic (exact) mass is 350 g/mol. The molecule has 5 nitrogen and oxygen atoms in total. The molecule has 0 unspecified atom stereocenters. The molecule has 2 atom stereocenters. The maximum absolute atomic E-state index is 12.2. The number of hydrogen-bond donors (Lipinski definition) is 2. The number of ether oxygens (including phenoxy) is 1. The third-order valence-electron chi connectivity index (χ3n) is 4.40. The van der Waals surface area contributed by atoms with Gasteiger partial charge in [-0.2, -0.15) is 0 Å². The highest BCUT2D eigenvalue weighted by atomic mass is 17.1. The molecule has 0 bridgehead atoms. The van der Waals surface area contributed by atoms with Crippen LogP contribution < -0.4 is 0 Å². The Labute approximate surface area is 150 Å². The predicted molar refractivity (Wildman–Crippen MR) is 98.0 cm³/mol. The molecule has 25 heavy (non-hydrogen) atoms. The van der Waals surface area contributed by atoms with E-state index in [1.807, 2.05) is 19.9 Å². The topological polar surface area (TPSA) is 76.0 Å². The van der Waals surface area contributed by atoms with Crippen molar-refractivity contribution in [3.05, 3.63) is 47.1 Å². The molecular formula is C20H30O5. The van der Waals surface area contributed by atoms with Gasteiger partial charge in [-0.15, -0.1) is 0 Å². The molecule has 0 radical (unpaired) electrons. The lowest BCUT2D eigenvalue weighted by Gasteiger charge is -2.24. The first kappa shape index (κ1) is 21.4. The average molecular weight is 350 g/mol. The molecule has 0 saturated heterocycles. The Hall–Kier alpha value is -1.69. The third-order valence-corrected chi connectivity index (χ3v) is 4.40. The van der Waals surface area contributed by atoms with E-state index in [-0.39, 0.29) is 18.7 Å². The van der Waals surface area contributed by atoms with Gasteiger partial charge in [0.05, 0.1) is 6.61 Å². The Morgan fingerprint density at radius 1 is 1.44 bits per heavy atom. The first-order valence-corrected chi connectivity index (χ1v) is 8.67. The fourth-order valence-electron chi connectivity index (χ4n) is 2.66. The molecule has 0 aromatic rings. The molecule has 1 aliphatic rings. The number of hydrogen-bond acceptors (Lipinski definition) is 5. The van der Waals surface area contributed by atoms with Gasteiger partial charge in [0.15, 0.2) is 0 Å². The van der Waals surface area contributed by atoms with Gasteiger partial charge in [0.1, 0.15) is 12.2 Å². The number of rotatable bonds is 10. The number of cyclic esters (lactones) is 1. The van der Waals surface area contributed by atoms with Gasteiger partial charge in [0, 0.05) is 12.0 Å². The SMILES string of the molecule is C=C(C)[C@@H](CCC1=CC[C@H](/C(C)=C/CC/C(C)=C\CO)OC1=O)OO. The molecule has 1 aliphatic heterocycles. The summed E-state index contributed by atoms with van der Waals surface area (Å²) in [5.41, 5.74) is 3.52. The van der Waals surface area contributed by atoms with Crippen molar-refractivity contribution < 1.29 is 24.8 Å². The van der Waals surface area contributed by atoms with Gasteiger partial charge in [-0.1, -0.05) is 30.4 Å². The van der Waals surface area contributed by atoms with Crippen LogP contribution in [0, 0.1) is 0 Å². The minimum Gasteiger partial charge on any atom is -0.454 e. The summed E-state index contributed by atoms with van der Waals surface area (Å²) in [4.78, 5) is 16.5. The summed E-state index contributed by atoms with van der Waals surface area (Å²) < 4.78 is 5.54. The molecule has 1 heterocycles. The average Bonchev–Trinajstić information content (AvgIpc) is 2.56. The fourth-order valence-corrected chi connectivity index (χ4v) is 2.66. The van der Waals surface area contributed by atoms with Crippen LogP contribution in [0.1, 0.15) is 52.9 Å². The first-order chi connectivity index (χ1) is 11.9. The summed E-state index contributed by atoms with van der Waals surface area (Å²) in [5, 5.41) is 17.7. The Morgan fingerprint density at radius 3 is 2.72 bits per heavy atom. The van der Waals surface area contributed by atoms with Crippen LogP contribution in [0.5, 0.6) is 0 Å². The molecule has 0 aliphatic carbocycles. The van der Waals surface area contributed by atoms with Crippen LogP contribution in [0.2, 0.25) is 0 Å². The van der Waals surface area contributed by atoms with Crippen molar-refractivity contribution in [1.82, 2.24) is 0 Å². The highest BCUT2D eigenvalue weighted by Crippen LogP contribution is 2.24. The number of aliphatic hydroxyl groups excluding tert-OH is 1. The molecule has 0 fully saturated rings. The van der Waals surface area contributed by atoms with Crippen molar-refractivity contribution in [2.24, 2.45) is 0 Å². The Balaban J connectivity index is 2.54. The van der Waals surface area contributed by atoms with Crippen LogP contribution >= 0.6 is 0 Å². The summed E-state index contributed by atoms with van der Waals surface area (Å²) >= 11 is 0. The van der Waals surface area contributed by atoms with Gasteiger partial charge in [-0.25, -0.2) is 9.68 Å². The van der Waals surface area contributed by atoms with E-state index in [9.17, 15) is 4.79 Å². The van der Waals surface area contributed by atoms with Crippen LogP contribution in [0.15, 0.2) is 47.1 Å². The van der Waals surface area contributed by atoms with Gasteiger partial charge in [0.2, 0.25) is 0 Å². The number of carbonyl (C=O) groups excluding carboxylic acids is 1. The zero-order valence-corrected chi connectivity index (χ0v) is 15.5. The van der Waals surface area contributed by atoms with E-state index in [0.717, 1.165) is 29.6 Å². The standard InChI is InChI=1S/C20H30O5/c1-14(2)18(25-23)10-8-17-9-11-19(24-20(17)22)16(4)7-5-6-15(3)12-13-21/h7,9,12,18-19,21,23H,1,5-6,8,10-11,13H2,2-4H3/b15-12-,16-7+/t18-,19-/m1/s1.